The molecule has 2 N–H and O–H groups in total. The number of hydrogen-bond donors (Lipinski definition) is 2. The highest BCUT2D eigenvalue weighted by Crippen LogP contribution is 2.27. The normalized spacial score (nSPS) is 10.4. The number of benzene rings is 2. The molecule has 0 aliphatic rings. The van der Waals surface area contributed by atoms with Crippen molar-refractivity contribution in [2.75, 3.05) is 31.4 Å². The first-order valence-electron chi connectivity index (χ1n) is 8.23. The van der Waals surface area contributed by atoms with Gasteiger partial charge in [0.25, 0.3) is 0 Å². The minimum atomic E-state index is -0.167. The van der Waals surface area contributed by atoms with Crippen LogP contribution in [0.5, 0.6) is 11.5 Å². The van der Waals surface area contributed by atoms with Crippen LogP contribution in [-0.4, -0.2) is 31.7 Å². The summed E-state index contributed by atoms with van der Waals surface area (Å²) in [5.41, 5.74) is 3.19. The van der Waals surface area contributed by atoms with Crippen LogP contribution in [0.3, 0.4) is 0 Å². The van der Waals surface area contributed by atoms with Gasteiger partial charge in [0, 0.05) is 16.8 Å². The molecule has 6 heteroatoms. The lowest BCUT2D eigenvalue weighted by molar-refractivity contribution is -0.114. The molecule has 3 aromatic rings. The zero-order chi connectivity index (χ0) is 18.5. The number of anilines is 2. The topological polar surface area (TPSA) is 72.5 Å². The molecule has 0 atom stereocenters. The Bertz CT molecular complexity index is 941. The number of amides is 1. The number of para-hydroxylation sites is 2. The number of nitrogens with zero attached hydrogens (tertiary/aromatic N) is 1. The van der Waals surface area contributed by atoms with Gasteiger partial charge in [0.2, 0.25) is 5.91 Å². The maximum absolute atomic E-state index is 12.3. The van der Waals surface area contributed by atoms with Gasteiger partial charge < -0.3 is 20.1 Å². The van der Waals surface area contributed by atoms with E-state index in [1.807, 2.05) is 43.3 Å². The largest absolute Gasteiger partial charge is 0.497 e. The van der Waals surface area contributed by atoms with Crippen molar-refractivity contribution < 1.29 is 14.3 Å². The number of carbonyl (C=O) groups is 1. The molecule has 1 aromatic heterocycles. The Labute approximate surface area is 152 Å². The Kier molecular flexibility index (Phi) is 5.22. The Morgan fingerprint density at radius 2 is 1.85 bits per heavy atom. The number of pyridine rings is 1. The first-order chi connectivity index (χ1) is 12.6. The van der Waals surface area contributed by atoms with Crippen molar-refractivity contribution in [3.63, 3.8) is 0 Å². The number of aryl methyl sites for hydroxylation is 1. The summed E-state index contributed by atoms with van der Waals surface area (Å²) in [4.78, 5) is 16.8. The summed E-state index contributed by atoms with van der Waals surface area (Å²) >= 11 is 0. The van der Waals surface area contributed by atoms with Gasteiger partial charge in [-0.05, 0) is 43.3 Å². The van der Waals surface area contributed by atoms with Gasteiger partial charge in [0.15, 0.2) is 0 Å². The van der Waals surface area contributed by atoms with Crippen LogP contribution in [-0.2, 0) is 4.79 Å². The van der Waals surface area contributed by atoms with E-state index in [0.29, 0.717) is 11.4 Å². The van der Waals surface area contributed by atoms with Gasteiger partial charge in [-0.15, -0.1) is 0 Å². The van der Waals surface area contributed by atoms with Gasteiger partial charge in [0.1, 0.15) is 11.5 Å². The molecule has 26 heavy (non-hydrogen) atoms. The van der Waals surface area contributed by atoms with E-state index in [1.54, 1.807) is 26.4 Å². The molecule has 0 aliphatic carbocycles. The van der Waals surface area contributed by atoms with Gasteiger partial charge in [-0.1, -0.05) is 12.1 Å². The van der Waals surface area contributed by atoms with E-state index in [0.717, 1.165) is 28.0 Å². The maximum Gasteiger partial charge on any atom is 0.243 e. The van der Waals surface area contributed by atoms with E-state index in [9.17, 15) is 4.79 Å². The van der Waals surface area contributed by atoms with E-state index in [1.165, 1.54) is 0 Å². The second kappa shape index (κ2) is 7.74. The standard InChI is InChI=1S/C20H21N3O3/c1-13-10-18(15-11-14(25-2)8-9-16(15)22-13)21-12-20(24)23-17-6-4-5-7-19(17)26-3/h4-11H,12H2,1-3H3,(H,21,22)(H,23,24). The highest BCUT2D eigenvalue weighted by Gasteiger charge is 2.09. The van der Waals surface area contributed by atoms with Crippen molar-refractivity contribution in [1.29, 1.82) is 0 Å². The summed E-state index contributed by atoms with van der Waals surface area (Å²) in [5, 5.41) is 6.94. The molecule has 0 fully saturated rings. The number of rotatable bonds is 6. The van der Waals surface area contributed by atoms with Crippen molar-refractivity contribution in [2.24, 2.45) is 0 Å². The lowest BCUT2D eigenvalue weighted by Crippen LogP contribution is -2.22. The molecular formula is C20H21N3O3. The van der Waals surface area contributed by atoms with Crippen LogP contribution in [0.15, 0.2) is 48.5 Å². The van der Waals surface area contributed by atoms with Crippen molar-refractivity contribution in [3.05, 3.63) is 54.2 Å². The SMILES string of the molecule is COc1ccc2nc(C)cc(NCC(=O)Nc3ccccc3OC)c2c1. The lowest BCUT2D eigenvalue weighted by Gasteiger charge is -2.13. The summed E-state index contributed by atoms with van der Waals surface area (Å²) in [6, 6.07) is 14.9. The molecule has 0 unspecified atom stereocenters. The average Bonchev–Trinajstić information content (AvgIpc) is 2.66. The minimum absolute atomic E-state index is 0.119. The first-order valence-corrected chi connectivity index (χ1v) is 8.23. The van der Waals surface area contributed by atoms with E-state index in [-0.39, 0.29) is 12.5 Å². The number of hydrogen-bond acceptors (Lipinski definition) is 5. The molecule has 0 radical (unpaired) electrons. The summed E-state index contributed by atoms with van der Waals surface area (Å²) < 4.78 is 10.5. The van der Waals surface area contributed by atoms with Gasteiger partial charge in [-0.3, -0.25) is 9.78 Å². The van der Waals surface area contributed by atoms with Crippen molar-refractivity contribution in [2.45, 2.75) is 6.92 Å². The van der Waals surface area contributed by atoms with Gasteiger partial charge in [-0.25, -0.2) is 0 Å². The highest BCUT2D eigenvalue weighted by atomic mass is 16.5. The summed E-state index contributed by atoms with van der Waals surface area (Å²) in [6.45, 7) is 2.04. The fourth-order valence-electron chi connectivity index (χ4n) is 2.73. The number of ether oxygens (including phenoxy) is 2. The van der Waals surface area contributed by atoms with Gasteiger partial charge in [-0.2, -0.15) is 0 Å². The highest BCUT2D eigenvalue weighted by molar-refractivity contribution is 5.98. The molecule has 0 bridgehead atoms. The van der Waals surface area contributed by atoms with Crippen molar-refractivity contribution >= 4 is 28.2 Å². The third kappa shape index (κ3) is 3.85. The summed E-state index contributed by atoms with van der Waals surface area (Å²) in [7, 11) is 3.19. The molecular weight excluding hydrogens is 330 g/mol. The monoisotopic (exact) mass is 351 g/mol. The number of methoxy groups -OCH3 is 2. The van der Waals surface area contributed by atoms with Crippen LogP contribution in [0, 0.1) is 6.92 Å². The zero-order valence-corrected chi connectivity index (χ0v) is 15.0. The van der Waals surface area contributed by atoms with Gasteiger partial charge in [0.05, 0.1) is 32.0 Å². The predicted molar refractivity (Wildman–Crippen MR) is 103 cm³/mol. The lowest BCUT2D eigenvalue weighted by atomic mass is 10.1. The quantitative estimate of drug-likeness (QED) is 0.710. The number of nitrogens with one attached hydrogen (secondary N) is 2. The molecule has 0 aliphatic heterocycles. The van der Waals surface area contributed by atoms with E-state index < -0.39 is 0 Å². The zero-order valence-electron chi connectivity index (χ0n) is 15.0. The molecule has 134 valence electrons. The third-order valence-electron chi connectivity index (χ3n) is 3.96. The summed E-state index contributed by atoms with van der Waals surface area (Å²) in [6.07, 6.45) is 0. The van der Waals surface area contributed by atoms with Crippen LogP contribution >= 0.6 is 0 Å². The number of aromatic nitrogens is 1. The Hall–Kier alpha value is -3.28. The van der Waals surface area contributed by atoms with Crippen LogP contribution in [0.4, 0.5) is 11.4 Å². The molecule has 0 spiro atoms. The molecule has 0 saturated heterocycles. The third-order valence-corrected chi connectivity index (χ3v) is 3.96. The first kappa shape index (κ1) is 17.5. The average molecular weight is 351 g/mol. The molecule has 3 rings (SSSR count). The molecule has 6 nitrogen and oxygen atoms in total. The number of fused-ring (bicyclic) bond motifs is 1. The van der Waals surface area contributed by atoms with Gasteiger partial charge >= 0.3 is 0 Å². The molecule has 0 saturated carbocycles. The second-order valence-corrected chi connectivity index (χ2v) is 5.80. The Morgan fingerprint density at radius 1 is 1.04 bits per heavy atom. The van der Waals surface area contributed by atoms with E-state index >= 15 is 0 Å². The molecule has 1 amide bonds. The van der Waals surface area contributed by atoms with Crippen LogP contribution in [0.25, 0.3) is 10.9 Å². The van der Waals surface area contributed by atoms with E-state index in [4.69, 9.17) is 9.47 Å². The van der Waals surface area contributed by atoms with Crippen molar-refractivity contribution in [3.8, 4) is 11.5 Å². The van der Waals surface area contributed by atoms with Crippen molar-refractivity contribution in [1.82, 2.24) is 4.98 Å². The van der Waals surface area contributed by atoms with Crippen LogP contribution in [0.1, 0.15) is 5.69 Å². The minimum Gasteiger partial charge on any atom is -0.497 e. The number of carbonyl (C=O) groups excluding carboxylic acids is 1. The smallest absolute Gasteiger partial charge is 0.243 e. The fourth-order valence-corrected chi connectivity index (χ4v) is 2.73. The predicted octanol–water partition coefficient (Wildman–Crippen LogP) is 3.61. The van der Waals surface area contributed by atoms with E-state index in [2.05, 4.69) is 15.6 Å². The Morgan fingerprint density at radius 3 is 2.62 bits per heavy atom. The molecule has 1 heterocycles. The Balaban J connectivity index is 1.77. The summed E-state index contributed by atoms with van der Waals surface area (Å²) in [5.74, 6) is 1.19. The van der Waals surface area contributed by atoms with Crippen LogP contribution in [0.2, 0.25) is 0 Å². The fraction of sp³-hybridized carbons (Fsp3) is 0.200. The maximum atomic E-state index is 12.3. The second-order valence-electron chi connectivity index (χ2n) is 5.80. The van der Waals surface area contributed by atoms with Crippen LogP contribution < -0.4 is 20.1 Å². The molecule has 2 aromatic carbocycles.